The number of aromatic hydroxyl groups is 1. The van der Waals surface area contributed by atoms with Crippen LogP contribution in [0.5, 0.6) is 5.75 Å². The summed E-state index contributed by atoms with van der Waals surface area (Å²) in [4.78, 5) is 13.0. The summed E-state index contributed by atoms with van der Waals surface area (Å²) in [7, 11) is 0. The van der Waals surface area contributed by atoms with Crippen molar-refractivity contribution in [3.8, 4) is 5.75 Å². The Hall–Kier alpha value is -2.11. The van der Waals surface area contributed by atoms with E-state index in [1.807, 2.05) is 0 Å². The van der Waals surface area contributed by atoms with Gasteiger partial charge in [-0.15, -0.1) is 0 Å². The van der Waals surface area contributed by atoms with Crippen LogP contribution < -0.4 is 0 Å². The van der Waals surface area contributed by atoms with Gasteiger partial charge in [0.05, 0.1) is 12.7 Å². The highest BCUT2D eigenvalue weighted by Gasteiger charge is 2.64. The Morgan fingerprint density at radius 3 is 2.30 bits per heavy atom. The highest BCUT2D eigenvalue weighted by molar-refractivity contribution is 5.87. The van der Waals surface area contributed by atoms with Crippen molar-refractivity contribution >= 4 is 12.0 Å². The first kappa shape index (κ1) is 31.9. The van der Waals surface area contributed by atoms with Gasteiger partial charge in [-0.3, -0.25) is 0 Å². The van der Waals surface area contributed by atoms with Crippen molar-refractivity contribution in [3.05, 3.63) is 47.6 Å². The van der Waals surface area contributed by atoms with E-state index < -0.39 is 5.41 Å². The highest BCUT2D eigenvalue weighted by atomic mass is 16.5. The molecule has 0 aromatic heterocycles. The van der Waals surface area contributed by atoms with Gasteiger partial charge in [0.25, 0.3) is 0 Å². The Kier molecular flexibility index (Phi) is 7.97. The molecule has 0 heterocycles. The minimum absolute atomic E-state index is 0.0151. The number of ether oxygens (including phenoxy) is 1. The second kappa shape index (κ2) is 11.0. The predicted molar refractivity (Wildman–Crippen MR) is 175 cm³/mol. The summed E-state index contributed by atoms with van der Waals surface area (Å²) in [6, 6.07) is 6.73. The summed E-state index contributed by atoms with van der Waals surface area (Å²) in [5.41, 5.74) is 2.50. The summed E-state index contributed by atoms with van der Waals surface area (Å²) in [6.07, 6.45) is 15.9. The third-order valence-corrected chi connectivity index (χ3v) is 14.5. The van der Waals surface area contributed by atoms with Crippen LogP contribution in [-0.2, 0) is 9.53 Å². The number of hydrogen-bond donors (Lipinski definition) is 3. The number of aliphatic hydroxyl groups is 2. The standard InChI is InChI=1S/C39H56O5/c1-35(2)29-14-10-26-23-36(3)20-17-31-38(5,30(36)15-13-28(26)37(29,4)21-18-32(35)42)22-19-33(39(31,6)24-40)44-34(43)16-9-25-7-11-27(41)12-8-25/h7-12,16,28-33,40-42H,13-15,17-24H2,1-6H3/t28-,29-,30-,31+,32-,33-,36-,37+,38+,39+/m0/s1. The van der Waals surface area contributed by atoms with Crippen LogP contribution in [0.3, 0.4) is 0 Å². The molecular formula is C39H56O5. The van der Waals surface area contributed by atoms with Crippen LogP contribution in [0, 0.1) is 50.7 Å². The molecule has 6 rings (SSSR count). The van der Waals surface area contributed by atoms with Crippen molar-refractivity contribution in [2.45, 2.75) is 118 Å². The average molecular weight is 605 g/mol. The second-order valence-electron chi connectivity index (χ2n) is 17.1. The van der Waals surface area contributed by atoms with E-state index in [0.717, 1.165) is 50.5 Å². The van der Waals surface area contributed by atoms with Crippen LogP contribution in [0.1, 0.15) is 111 Å². The largest absolute Gasteiger partial charge is 0.508 e. The number of aliphatic hydroxyl groups excluding tert-OH is 2. The molecule has 10 atom stereocenters. The molecule has 242 valence electrons. The quantitative estimate of drug-likeness (QED) is 0.184. The molecular weight excluding hydrogens is 548 g/mol. The van der Waals surface area contributed by atoms with Gasteiger partial charge in [0, 0.05) is 11.5 Å². The van der Waals surface area contributed by atoms with Gasteiger partial charge in [-0.25, -0.2) is 4.79 Å². The maximum absolute atomic E-state index is 13.0. The van der Waals surface area contributed by atoms with Crippen LogP contribution in [0.15, 0.2) is 42.0 Å². The summed E-state index contributed by atoms with van der Waals surface area (Å²) in [5, 5.41) is 31.5. The molecule has 0 amide bonds. The number of phenols is 1. The van der Waals surface area contributed by atoms with Gasteiger partial charge in [-0.05, 0) is 133 Å². The van der Waals surface area contributed by atoms with Crippen molar-refractivity contribution in [3.63, 3.8) is 0 Å². The lowest BCUT2D eigenvalue weighted by Crippen LogP contribution is -2.61. The van der Waals surface area contributed by atoms with Crippen LogP contribution in [0.2, 0.25) is 0 Å². The molecule has 44 heavy (non-hydrogen) atoms. The Bertz CT molecular complexity index is 1310. The molecule has 3 N–H and O–H groups in total. The first-order valence-corrected chi connectivity index (χ1v) is 17.3. The van der Waals surface area contributed by atoms with Crippen molar-refractivity contribution in [2.24, 2.45) is 50.7 Å². The molecule has 0 saturated heterocycles. The molecule has 5 nitrogen and oxygen atoms in total. The number of rotatable bonds is 4. The fraction of sp³-hybridized carbons (Fsp3) is 0.718. The summed E-state index contributed by atoms with van der Waals surface area (Å²) < 4.78 is 6.14. The van der Waals surface area contributed by atoms with Crippen molar-refractivity contribution in [1.82, 2.24) is 0 Å². The Balaban J connectivity index is 1.23. The molecule has 0 unspecified atom stereocenters. The number of carbonyl (C=O) groups is 1. The SMILES string of the molecule is CC1(C)[C@@H](O)CC[C@]2(C)[C@H]3CC[C@H]4[C@@](C)(CC[C@@H]5[C@]4(C)CC[C@H](OC(=O)C=Cc4ccc(O)cc4)[C@]5(C)CO)CC3=CC[C@@H]12. The zero-order chi connectivity index (χ0) is 31.7. The third kappa shape index (κ3) is 4.91. The first-order valence-electron chi connectivity index (χ1n) is 17.3. The van der Waals surface area contributed by atoms with Crippen molar-refractivity contribution in [2.75, 3.05) is 6.61 Å². The Morgan fingerprint density at radius 1 is 0.886 bits per heavy atom. The lowest BCUT2D eigenvalue weighted by atomic mass is 9.42. The molecule has 4 saturated carbocycles. The average Bonchev–Trinajstić information content (AvgIpc) is 3.14. The monoisotopic (exact) mass is 604 g/mol. The van der Waals surface area contributed by atoms with Crippen LogP contribution in [-0.4, -0.2) is 40.1 Å². The first-order chi connectivity index (χ1) is 20.7. The van der Waals surface area contributed by atoms with Gasteiger partial charge >= 0.3 is 5.97 Å². The van der Waals surface area contributed by atoms with E-state index in [1.54, 1.807) is 35.9 Å². The Labute approximate surface area is 265 Å². The molecule has 5 heteroatoms. The van der Waals surface area contributed by atoms with E-state index in [4.69, 9.17) is 4.74 Å². The topological polar surface area (TPSA) is 87.0 Å². The van der Waals surface area contributed by atoms with Gasteiger partial charge < -0.3 is 20.1 Å². The smallest absolute Gasteiger partial charge is 0.331 e. The number of fused-ring (bicyclic) bond motifs is 6. The van der Waals surface area contributed by atoms with Crippen molar-refractivity contribution in [1.29, 1.82) is 0 Å². The van der Waals surface area contributed by atoms with E-state index in [1.165, 1.54) is 25.3 Å². The van der Waals surface area contributed by atoms with E-state index in [0.29, 0.717) is 17.8 Å². The lowest BCUT2D eigenvalue weighted by Gasteiger charge is -2.64. The van der Waals surface area contributed by atoms with Crippen LogP contribution in [0.4, 0.5) is 0 Å². The van der Waals surface area contributed by atoms with E-state index in [-0.39, 0.29) is 58.1 Å². The predicted octanol–water partition coefficient (Wildman–Crippen LogP) is 8.08. The second-order valence-corrected chi connectivity index (χ2v) is 17.1. The summed E-state index contributed by atoms with van der Waals surface area (Å²) >= 11 is 0. The third-order valence-electron chi connectivity index (χ3n) is 14.5. The molecule has 5 aliphatic rings. The van der Waals surface area contributed by atoms with Crippen molar-refractivity contribution < 1.29 is 24.9 Å². The maximum atomic E-state index is 13.0. The number of phenolic OH excluding ortho intramolecular Hbond substituents is 1. The van der Waals surface area contributed by atoms with Crippen LogP contribution in [0.25, 0.3) is 6.08 Å². The van der Waals surface area contributed by atoms with Gasteiger partial charge in [0.1, 0.15) is 11.9 Å². The molecule has 1 aromatic carbocycles. The van der Waals surface area contributed by atoms with E-state index in [2.05, 4.69) is 47.6 Å². The molecule has 0 radical (unpaired) electrons. The highest BCUT2D eigenvalue weighted by Crippen LogP contribution is 2.70. The minimum Gasteiger partial charge on any atom is -0.508 e. The molecule has 4 fully saturated rings. The fourth-order valence-corrected chi connectivity index (χ4v) is 12.1. The Morgan fingerprint density at radius 2 is 1.59 bits per heavy atom. The number of esters is 1. The van der Waals surface area contributed by atoms with Gasteiger partial charge in [-0.1, -0.05) is 65.3 Å². The zero-order valence-corrected chi connectivity index (χ0v) is 27.9. The van der Waals surface area contributed by atoms with Gasteiger partial charge in [-0.2, -0.15) is 0 Å². The normalized spacial score (nSPS) is 44.8. The number of benzene rings is 1. The van der Waals surface area contributed by atoms with E-state index in [9.17, 15) is 20.1 Å². The van der Waals surface area contributed by atoms with E-state index >= 15 is 0 Å². The number of hydrogen-bond acceptors (Lipinski definition) is 5. The minimum atomic E-state index is -0.491. The molecule has 0 bridgehead atoms. The molecule has 5 aliphatic carbocycles. The summed E-state index contributed by atoms with van der Waals surface area (Å²) in [5.74, 6) is 1.75. The number of carbonyl (C=O) groups excluding carboxylic acids is 1. The lowest BCUT2D eigenvalue weighted by molar-refractivity contribution is -0.203. The molecule has 0 spiro atoms. The zero-order valence-electron chi connectivity index (χ0n) is 27.9. The fourth-order valence-electron chi connectivity index (χ4n) is 12.1. The summed E-state index contributed by atoms with van der Waals surface area (Å²) in [6.45, 7) is 14.4. The molecule has 0 aliphatic heterocycles. The molecule has 1 aromatic rings. The van der Waals surface area contributed by atoms with Gasteiger partial charge in [0.15, 0.2) is 0 Å². The van der Waals surface area contributed by atoms with Gasteiger partial charge in [0.2, 0.25) is 0 Å². The van der Waals surface area contributed by atoms with Crippen LogP contribution >= 0.6 is 0 Å². The maximum Gasteiger partial charge on any atom is 0.331 e. The number of allylic oxidation sites excluding steroid dienone is 2.